The Kier molecular flexibility index (Phi) is 5.08. The lowest BCUT2D eigenvalue weighted by Crippen LogP contribution is -2.40. The van der Waals surface area contributed by atoms with Crippen molar-refractivity contribution in [2.24, 2.45) is 5.92 Å². The summed E-state index contributed by atoms with van der Waals surface area (Å²) in [5.74, 6) is 0.773. The van der Waals surface area contributed by atoms with Gasteiger partial charge < -0.3 is 10.2 Å². The van der Waals surface area contributed by atoms with Gasteiger partial charge in [0.1, 0.15) is 5.82 Å². The van der Waals surface area contributed by atoms with Crippen molar-refractivity contribution in [1.82, 2.24) is 10.3 Å². The molecular weight excluding hydrogens is 279 g/mol. The molecule has 1 saturated heterocycles. The molecule has 1 N–H and O–H groups in total. The van der Waals surface area contributed by atoms with Crippen molar-refractivity contribution in [3.05, 3.63) is 23.9 Å². The second-order valence-electron chi connectivity index (χ2n) is 5.99. The van der Waals surface area contributed by atoms with Crippen LogP contribution in [0.15, 0.2) is 18.3 Å². The van der Waals surface area contributed by atoms with Crippen LogP contribution in [0.2, 0.25) is 0 Å². The van der Waals surface area contributed by atoms with E-state index in [-0.39, 0.29) is 0 Å². The van der Waals surface area contributed by atoms with Gasteiger partial charge in [-0.1, -0.05) is 13.8 Å². The molecule has 0 amide bonds. The number of nitrogens with one attached hydrogen (secondary N) is 1. The molecule has 1 aliphatic rings. The van der Waals surface area contributed by atoms with E-state index in [0.717, 1.165) is 31.5 Å². The molecule has 2 heterocycles. The minimum atomic E-state index is -4.33. The van der Waals surface area contributed by atoms with Crippen molar-refractivity contribution in [1.29, 1.82) is 0 Å². The number of hydrogen-bond donors (Lipinski definition) is 1. The van der Waals surface area contributed by atoms with Gasteiger partial charge in [-0.05, 0) is 37.4 Å². The lowest BCUT2D eigenvalue weighted by atomic mass is 10.1. The van der Waals surface area contributed by atoms with Gasteiger partial charge in [-0.2, -0.15) is 13.2 Å². The molecule has 1 aromatic rings. The fourth-order valence-electron chi connectivity index (χ4n) is 2.65. The van der Waals surface area contributed by atoms with Gasteiger partial charge >= 0.3 is 6.18 Å². The number of halogens is 3. The monoisotopic (exact) mass is 301 g/mol. The number of pyridine rings is 1. The predicted molar refractivity (Wildman–Crippen MR) is 77.3 cm³/mol. The number of aromatic nitrogens is 1. The Morgan fingerprint density at radius 3 is 2.76 bits per heavy atom. The highest BCUT2D eigenvalue weighted by molar-refractivity contribution is 5.42. The van der Waals surface area contributed by atoms with Crippen molar-refractivity contribution < 1.29 is 13.2 Å². The van der Waals surface area contributed by atoms with Crippen LogP contribution < -0.4 is 10.2 Å². The molecule has 1 aromatic heterocycles. The minimum Gasteiger partial charge on any atom is -0.355 e. The molecule has 0 aromatic carbocycles. The Morgan fingerprint density at radius 1 is 1.43 bits per heavy atom. The van der Waals surface area contributed by atoms with Crippen LogP contribution in [0.5, 0.6) is 0 Å². The number of hydrogen-bond acceptors (Lipinski definition) is 3. The Hall–Kier alpha value is -1.30. The van der Waals surface area contributed by atoms with Gasteiger partial charge in [0.25, 0.3) is 0 Å². The second kappa shape index (κ2) is 6.64. The Balaban J connectivity index is 2.18. The zero-order valence-corrected chi connectivity index (χ0v) is 12.5. The molecule has 1 atom stereocenters. The summed E-state index contributed by atoms with van der Waals surface area (Å²) < 4.78 is 38.5. The summed E-state index contributed by atoms with van der Waals surface area (Å²) in [5.41, 5.74) is -0.638. The van der Waals surface area contributed by atoms with Crippen LogP contribution in [0.3, 0.4) is 0 Å². The first kappa shape index (κ1) is 16.1. The lowest BCUT2D eigenvalue weighted by molar-refractivity contribution is -0.137. The van der Waals surface area contributed by atoms with Gasteiger partial charge in [-0.3, -0.25) is 0 Å². The van der Waals surface area contributed by atoms with Crippen LogP contribution in [-0.2, 0) is 6.18 Å². The first-order chi connectivity index (χ1) is 9.86. The van der Waals surface area contributed by atoms with Crippen LogP contribution in [0.25, 0.3) is 0 Å². The molecule has 21 heavy (non-hydrogen) atoms. The number of alkyl halides is 3. The zero-order valence-electron chi connectivity index (χ0n) is 12.5. The molecule has 6 heteroatoms. The van der Waals surface area contributed by atoms with Crippen molar-refractivity contribution in [2.75, 3.05) is 24.5 Å². The summed E-state index contributed by atoms with van der Waals surface area (Å²) in [5, 5.41) is 3.38. The van der Waals surface area contributed by atoms with Crippen molar-refractivity contribution >= 4 is 5.82 Å². The van der Waals surface area contributed by atoms with Gasteiger partial charge in [-0.25, -0.2) is 4.98 Å². The smallest absolute Gasteiger partial charge is 0.355 e. The normalized spacial score (nSPS) is 19.2. The van der Waals surface area contributed by atoms with E-state index in [2.05, 4.69) is 24.1 Å². The Morgan fingerprint density at radius 2 is 2.19 bits per heavy atom. The second-order valence-corrected chi connectivity index (χ2v) is 5.99. The number of anilines is 1. The number of nitrogens with zero attached hydrogens (tertiary/aromatic N) is 2. The van der Waals surface area contributed by atoms with E-state index in [4.69, 9.17) is 0 Å². The highest BCUT2D eigenvalue weighted by Crippen LogP contribution is 2.31. The fourth-order valence-corrected chi connectivity index (χ4v) is 2.65. The first-order valence-corrected chi connectivity index (χ1v) is 7.38. The molecule has 1 unspecified atom stereocenters. The van der Waals surface area contributed by atoms with Crippen LogP contribution in [0.4, 0.5) is 19.0 Å². The molecule has 0 spiro atoms. The van der Waals surface area contributed by atoms with E-state index < -0.39 is 11.7 Å². The first-order valence-electron chi connectivity index (χ1n) is 7.38. The van der Waals surface area contributed by atoms with Crippen LogP contribution >= 0.6 is 0 Å². The van der Waals surface area contributed by atoms with Gasteiger partial charge in [0, 0.05) is 25.3 Å². The highest BCUT2D eigenvalue weighted by atomic mass is 19.4. The topological polar surface area (TPSA) is 28.2 Å². The molecule has 0 saturated carbocycles. The lowest BCUT2D eigenvalue weighted by Gasteiger charge is -2.29. The maximum Gasteiger partial charge on any atom is 0.416 e. The third-order valence-corrected chi connectivity index (χ3v) is 3.59. The van der Waals surface area contributed by atoms with Crippen molar-refractivity contribution in [3.8, 4) is 0 Å². The van der Waals surface area contributed by atoms with E-state index in [1.165, 1.54) is 6.20 Å². The third-order valence-electron chi connectivity index (χ3n) is 3.59. The summed E-state index contributed by atoms with van der Waals surface area (Å²) in [7, 11) is 0. The highest BCUT2D eigenvalue weighted by Gasteiger charge is 2.31. The number of rotatable bonds is 5. The molecule has 1 fully saturated rings. The predicted octanol–water partition coefficient (Wildman–Crippen LogP) is 3.31. The van der Waals surface area contributed by atoms with Gasteiger partial charge in [0.2, 0.25) is 0 Å². The maximum atomic E-state index is 12.8. The van der Waals surface area contributed by atoms with Crippen LogP contribution in [0.1, 0.15) is 32.3 Å². The zero-order chi connectivity index (χ0) is 15.5. The summed E-state index contributed by atoms with van der Waals surface area (Å²) in [6, 6.07) is 2.50. The summed E-state index contributed by atoms with van der Waals surface area (Å²) in [6.07, 6.45) is -0.899. The standard InChI is InChI=1S/C15H22F3N3/c1-11(2)9-21(10-13-4-3-6-19-13)14-8-12(5-7-20-14)15(16,17)18/h5,7-8,11,13,19H,3-4,6,9-10H2,1-2H3. The van der Waals surface area contributed by atoms with Gasteiger partial charge in [-0.15, -0.1) is 0 Å². The summed E-state index contributed by atoms with van der Waals surface area (Å²) >= 11 is 0. The van der Waals surface area contributed by atoms with E-state index in [9.17, 15) is 13.2 Å². The SMILES string of the molecule is CC(C)CN(CC1CCCN1)c1cc(C(F)(F)F)ccn1. The Labute approximate surface area is 123 Å². The molecule has 0 radical (unpaired) electrons. The van der Waals surface area contributed by atoms with E-state index in [1.807, 2.05) is 4.90 Å². The molecule has 2 rings (SSSR count). The van der Waals surface area contributed by atoms with E-state index >= 15 is 0 Å². The molecule has 118 valence electrons. The van der Waals surface area contributed by atoms with Crippen LogP contribution in [0, 0.1) is 5.92 Å². The van der Waals surface area contributed by atoms with Gasteiger partial charge in [0.05, 0.1) is 5.56 Å². The maximum absolute atomic E-state index is 12.8. The largest absolute Gasteiger partial charge is 0.416 e. The molecular formula is C15H22F3N3. The summed E-state index contributed by atoms with van der Waals surface area (Å²) in [6.45, 7) is 6.50. The minimum absolute atomic E-state index is 0.333. The van der Waals surface area contributed by atoms with Gasteiger partial charge in [0.15, 0.2) is 0 Å². The molecule has 1 aliphatic heterocycles. The van der Waals surface area contributed by atoms with Crippen molar-refractivity contribution in [3.63, 3.8) is 0 Å². The third kappa shape index (κ3) is 4.59. The quantitative estimate of drug-likeness (QED) is 0.904. The molecule has 0 aliphatic carbocycles. The Bertz CT molecular complexity index is 454. The van der Waals surface area contributed by atoms with E-state index in [0.29, 0.717) is 30.9 Å². The molecule has 0 bridgehead atoms. The molecule has 3 nitrogen and oxygen atoms in total. The summed E-state index contributed by atoms with van der Waals surface area (Å²) in [4.78, 5) is 6.11. The fraction of sp³-hybridized carbons (Fsp3) is 0.667. The van der Waals surface area contributed by atoms with Crippen molar-refractivity contribution in [2.45, 2.75) is 38.9 Å². The average molecular weight is 301 g/mol. The average Bonchev–Trinajstić information content (AvgIpc) is 2.89. The van der Waals surface area contributed by atoms with E-state index in [1.54, 1.807) is 0 Å². The van der Waals surface area contributed by atoms with Crippen LogP contribution in [-0.4, -0.2) is 30.7 Å².